The second-order valence-corrected chi connectivity index (χ2v) is 2.61. The summed E-state index contributed by atoms with van der Waals surface area (Å²) in [6, 6.07) is 6.72. The van der Waals surface area contributed by atoms with Crippen LogP contribution in [0.2, 0.25) is 0 Å². The van der Waals surface area contributed by atoms with Crippen molar-refractivity contribution in [3.8, 4) is 0 Å². The molecule has 0 saturated heterocycles. The highest BCUT2D eigenvalue weighted by Gasteiger charge is 2.13. The Hall–Kier alpha value is -1.29. The molecule has 1 aromatic carbocycles. The highest BCUT2D eigenvalue weighted by molar-refractivity contribution is 7.84. The van der Waals surface area contributed by atoms with Gasteiger partial charge in [-0.3, -0.25) is 0 Å². The number of rotatable bonds is 1. The largest absolute Gasteiger partial charge is 0.527 e. The summed E-state index contributed by atoms with van der Waals surface area (Å²) in [5, 5.41) is 7.17. The second kappa shape index (κ2) is 3.21. The van der Waals surface area contributed by atoms with Crippen molar-refractivity contribution in [3.05, 3.63) is 29.8 Å². The number of hydrogen-bond donors (Lipinski definition) is 2. The van der Waals surface area contributed by atoms with Crippen molar-refractivity contribution < 1.29 is 4.21 Å². The molecule has 1 rings (SSSR count). The van der Waals surface area contributed by atoms with Crippen LogP contribution in [0.5, 0.6) is 0 Å². The predicted molar refractivity (Wildman–Crippen MR) is 45.7 cm³/mol. The Morgan fingerprint density at radius 2 is 2.27 bits per heavy atom. The van der Waals surface area contributed by atoms with E-state index in [4.69, 9.17) is 11.1 Å². The van der Waals surface area contributed by atoms with Gasteiger partial charge in [0, 0.05) is 9.90 Å². The van der Waals surface area contributed by atoms with Gasteiger partial charge in [0.25, 0.3) is 0 Å². The van der Waals surface area contributed by atoms with Crippen LogP contribution < -0.4 is 5.73 Å². The highest BCUT2D eigenvalue weighted by Crippen LogP contribution is 2.06. The Balaban J connectivity index is 3.05. The number of anilines is 1. The smallest absolute Gasteiger partial charge is 0.399 e. The molecule has 3 nitrogen and oxygen atoms in total. The van der Waals surface area contributed by atoms with Crippen molar-refractivity contribution in [2.45, 2.75) is 0 Å². The fourth-order valence-electron chi connectivity index (χ4n) is 0.728. The van der Waals surface area contributed by atoms with Crippen molar-refractivity contribution in [2.75, 3.05) is 5.73 Å². The van der Waals surface area contributed by atoms with E-state index in [9.17, 15) is 4.21 Å². The molecule has 4 heteroatoms. The van der Waals surface area contributed by atoms with E-state index in [0.717, 1.165) is 0 Å². The molecule has 0 aliphatic rings. The summed E-state index contributed by atoms with van der Waals surface area (Å²) in [6.45, 7) is 0. The van der Waals surface area contributed by atoms with Gasteiger partial charge < -0.3 is 5.73 Å². The molecule has 0 aliphatic heterocycles. The number of benzene rings is 1. The normalized spacial score (nSPS) is 9.09. The lowest BCUT2D eigenvalue weighted by molar-refractivity contribution is 0.609. The summed E-state index contributed by atoms with van der Waals surface area (Å²) in [4.78, 5) is 0. The third kappa shape index (κ3) is 1.81. The molecule has 1 aromatic rings. The van der Waals surface area contributed by atoms with E-state index >= 15 is 0 Å². The van der Waals surface area contributed by atoms with Crippen molar-refractivity contribution in [1.29, 1.82) is 5.41 Å². The highest BCUT2D eigenvalue weighted by atomic mass is 32.1. The number of nitrogens with one attached hydrogen (secondary N) is 1. The Bertz CT molecular complexity index is 298. The molecule has 56 valence electrons. The van der Waals surface area contributed by atoms with Crippen LogP contribution in [-0.4, -0.2) is 5.04 Å². The van der Waals surface area contributed by atoms with Crippen LogP contribution in [0.3, 0.4) is 0 Å². The van der Waals surface area contributed by atoms with Gasteiger partial charge in [0.2, 0.25) is 0 Å². The standard InChI is InChI=1S/C7H7N2OS/c8-6-3-1-2-5(4-6)7(9)11-10/h1-4,9H,8H2/q+1. The lowest BCUT2D eigenvalue weighted by Crippen LogP contribution is -1.96. The molecule has 0 unspecified atom stereocenters. The predicted octanol–water partition coefficient (Wildman–Crippen LogP) is 1.02. The molecule has 0 radical (unpaired) electrons. The summed E-state index contributed by atoms with van der Waals surface area (Å²) in [7, 11) is 0. The average molecular weight is 167 g/mol. The maximum atomic E-state index is 10.2. The van der Waals surface area contributed by atoms with Gasteiger partial charge in [-0.2, -0.15) is 0 Å². The van der Waals surface area contributed by atoms with Crippen LogP contribution in [0.25, 0.3) is 0 Å². The molecular weight excluding hydrogens is 160 g/mol. The molecule has 0 saturated carbocycles. The first-order chi connectivity index (χ1) is 5.24. The van der Waals surface area contributed by atoms with E-state index in [2.05, 4.69) is 0 Å². The van der Waals surface area contributed by atoms with Gasteiger partial charge in [-0.15, -0.1) is 0 Å². The van der Waals surface area contributed by atoms with Crippen LogP contribution in [-0.2, 0) is 15.9 Å². The van der Waals surface area contributed by atoms with Gasteiger partial charge in [0.1, 0.15) is 0 Å². The lowest BCUT2D eigenvalue weighted by Gasteiger charge is -1.90. The molecule has 0 heterocycles. The van der Waals surface area contributed by atoms with Crippen molar-refractivity contribution in [3.63, 3.8) is 0 Å². The van der Waals surface area contributed by atoms with E-state index in [0.29, 0.717) is 11.3 Å². The van der Waals surface area contributed by atoms with E-state index in [1.54, 1.807) is 24.3 Å². The maximum Gasteiger partial charge on any atom is 0.527 e. The van der Waals surface area contributed by atoms with Crippen LogP contribution in [0.1, 0.15) is 5.56 Å². The zero-order valence-electron chi connectivity index (χ0n) is 5.70. The third-order valence-corrected chi connectivity index (χ3v) is 1.63. The van der Waals surface area contributed by atoms with Crippen LogP contribution in [0.15, 0.2) is 24.3 Å². The fraction of sp³-hybridized carbons (Fsp3) is 0. The van der Waals surface area contributed by atoms with Gasteiger partial charge in [-0.05, 0) is 18.2 Å². The SMILES string of the molecule is N=C([S+]=O)c1cccc(N)c1. The Morgan fingerprint density at radius 3 is 2.82 bits per heavy atom. The maximum absolute atomic E-state index is 10.2. The van der Waals surface area contributed by atoms with Crippen molar-refractivity contribution >= 4 is 22.4 Å². The molecule has 0 bridgehead atoms. The minimum atomic E-state index is -0.00250. The summed E-state index contributed by atoms with van der Waals surface area (Å²) in [5.41, 5.74) is 6.59. The first-order valence-corrected chi connectivity index (χ1v) is 3.72. The van der Waals surface area contributed by atoms with Crippen LogP contribution in [0, 0.1) is 5.41 Å². The van der Waals surface area contributed by atoms with E-state index in [-0.39, 0.29) is 16.7 Å². The zero-order chi connectivity index (χ0) is 8.27. The number of nitrogens with two attached hydrogens (primary N) is 1. The van der Waals surface area contributed by atoms with Crippen molar-refractivity contribution in [1.82, 2.24) is 0 Å². The van der Waals surface area contributed by atoms with Gasteiger partial charge >= 0.3 is 16.7 Å². The third-order valence-electron chi connectivity index (χ3n) is 1.23. The molecule has 3 N–H and O–H groups in total. The van der Waals surface area contributed by atoms with Gasteiger partial charge in [0.15, 0.2) is 0 Å². The number of hydrogen-bond acceptors (Lipinski definition) is 3. The van der Waals surface area contributed by atoms with Crippen LogP contribution >= 0.6 is 0 Å². The lowest BCUT2D eigenvalue weighted by atomic mass is 10.2. The Kier molecular flexibility index (Phi) is 2.28. The molecule has 0 atom stereocenters. The van der Waals surface area contributed by atoms with E-state index in [1.165, 1.54) is 0 Å². The van der Waals surface area contributed by atoms with Crippen LogP contribution in [0.4, 0.5) is 5.69 Å². The first-order valence-electron chi connectivity index (χ1n) is 2.98. The second-order valence-electron chi connectivity index (χ2n) is 2.04. The number of nitrogen functional groups attached to an aromatic ring is 1. The summed E-state index contributed by atoms with van der Waals surface area (Å²) >= 11 is 0.164. The summed E-state index contributed by atoms with van der Waals surface area (Å²) in [6.07, 6.45) is 0. The molecule has 0 aromatic heterocycles. The van der Waals surface area contributed by atoms with Gasteiger partial charge in [-0.1, -0.05) is 6.07 Å². The Labute approximate surface area is 68.2 Å². The molecule has 0 spiro atoms. The summed E-state index contributed by atoms with van der Waals surface area (Å²) in [5.74, 6) is 0. The van der Waals surface area contributed by atoms with Gasteiger partial charge in [-0.25, -0.2) is 5.41 Å². The minimum absolute atomic E-state index is 0.00250. The van der Waals surface area contributed by atoms with E-state index in [1.807, 2.05) is 0 Å². The molecule has 0 fully saturated rings. The zero-order valence-corrected chi connectivity index (χ0v) is 6.52. The first kappa shape index (κ1) is 7.81. The average Bonchev–Trinajstić information content (AvgIpc) is 2.03. The molecule has 0 amide bonds. The van der Waals surface area contributed by atoms with E-state index < -0.39 is 0 Å². The van der Waals surface area contributed by atoms with Crippen molar-refractivity contribution in [2.24, 2.45) is 0 Å². The fourth-order valence-corrected chi connectivity index (χ4v) is 0.951. The monoisotopic (exact) mass is 167 g/mol. The molecule has 0 aliphatic carbocycles. The quantitative estimate of drug-likeness (QED) is 0.284. The summed E-state index contributed by atoms with van der Waals surface area (Å²) < 4.78 is 10.2. The molecule has 11 heavy (non-hydrogen) atoms. The topological polar surface area (TPSA) is 66.9 Å². The van der Waals surface area contributed by atoms with Gasteiger partial charge in [0.05, 0.1) is 5.56 Å². The minimum Gasteiger partial charge on any atom is -0.399 e. The molecular formula is C7H7N2OS+. The Morgan fingerprint density at radius 1 is 1.55 bits per heavy atom.